The van der Waals surface area contributed by atoms with Gasteiger partial charge in [0, 0.05) is 4.47 Å². The Bertz CT molecular complexity index is 732. The standard InChI is InChI=1S/C18H22BrN3O3/c1-3-17(2)15(24)22(16(25)21-17)11-14(23)20-18(8-5-9-18)12-6-4-7-13(19)10-12/h4,6-7,10H,3,5,8-9,11H2,1-2H3,(H,20,23)(H,21,25)/t17-/m1/s1. The molecule has 0 radical (unpaired) electrons. The fraction of sp³-hybridized carbons (Fsp3) is 0.500. The van der Waals surface area contributed by atoms with E-state index in [9.17, 15) is 14.4 Å². The Morgan fingerprint density at radius 3 is 2.60 bits per heavy atom. The first-order chi connectivity index (χ1) is 11.8. The van der Waals surface area contributed by atoms with Crippen LogP contribution >= 0.6 is 15.9 Å². The van der Waals surface area contributed by atoms with Crippen molar-refractivity contribution in [3.8, 4) is 0 Å². The van der Waals surface area contributed by atoms with Gasteiger partial charge in [-0.3, -0.25) is 14.5 Å². The fourth-order valence-electron chi connectivity index (χ4n) is 3.38. The van der Waals surface area contributed by atoms with E-state index in [2.05, 4.69) is 26.6 Å². The Morgan fingerprint density at radius 1 is 1.36 bits per heavy atom. The first-order valence-corrected chi connectivity index (χ1v) is 9.30. The lowest BCUT2D eigenvalue weighted by atomic mass is 9.72. The number of hydrogen-bond donors (Lipinski definition) is 2. The molecule has 7 heteroatoms. The van der Waals surface area contributed by atoms with E-state index >= 15 is 0 Å². The predicted molar refractivity (Wildman–Crippen MR) is 96.8 cm³/mol. The molecule has 1 saturated heterocycles. The maximum Gasteiger partial charge on any atom is 0.325 e. The minimum atomic E-state index is -0.921. The number of nitrogens with one attached hydrogen (secondary N) is 2. The SMILES string of the molecule is CC[C@@]1(C)NC(=O)N(CC(=O)NC2(c3cccc(Br)c3)CCC2)C1=O. The molecule has 25 heavy (non-hydrogen) atoms. The average Bonchev–Trinajstić information content (AvgIpc) is 2.75. The lowest BCUT2D eigenvalue weighted by molar-refractivity contribution is -0.135. The van der Waals surface area contributed by atoms with Crippen LogP contribution in [-0.4, -0.2) is 34.8 Å². The normalized spacial score (nSPS) is 24.7. The molecule has 1 heterocycles. The molecule has 2 aliphatic rings. The Hall–Kier alpha value is -1.89. The highest BCUT2D eigenvalue weighted by Gasteiger charge is 2.48. The second-order valence-electron chi connectivity index (χ2n) is 7.00. The lowest BCUT2D eigenvalue weighted by Gasteiger charge is -2.43. The van der Waals surface area contributed by atoms with Gasteiger partial charge in [0.2, 0.25) is 5.91 Å². The average molecular weight is 408 g/mol. The summed E-state index contributed by atoms with van der Waals surface area (Å²) in [6.45, 7) is 3.26. The number of rotatable bonds is 5. The van der Waals surface area contributed by atoms with E-state index in [4.69, 9.17) is 0 Å². The second-order valence-corrected chi connectivity index (χ2v) is 7.92. The molecule has 3 rings (SSSR count). The van der Waals surface area contributed by atoms with Gasteiger partial charge in [-0.2, -0.15) is 0 Å². The van der Waals surface area contributed by atoms with Crippen LogP contribution < -0.4 is 10.6 Å². The minimum absolute atomic E-state index is 0.254. The van der Waals surface area contributed by atoms with Crippen LogP contribution in [0.1, 0.15) is 45.1 Å². The van der Waals surface area contributed by atoms with Crippen molar-refractivity contribution in [3.05, 3.63) is 34.3 Å². The third kappa shape index (κ3) is 3.17. The molecule has 2 N–H and O–H groups in total. The van der Waals surface area contributed by atoms with Crippen LogP contribution in [0.15, 0.2) is 28.7 Å². The monoisotopic (exact) mass is 407 g/mol. The van der Waals surface area contributed by atoms with Crippen molar-refractivity contribution in [2.24, 2.45) is 0 Å². The van der Waals surface area contributed by atoms with Crippen LogP contribution in [0.25, 0.3) is 0 Å². The maximum atomic E-state index is 12.6. The van der Waals surface area contributed by atoms with Gasteiger partial charge in [-0.1, -0.05) is 35.0 Å². The molecule has 1 atom stereocenters. The van der Waals surface area contributed by atoms with Crippen LogP contribution in [0, 0.1) is 0 Å². The molecule has 1 aromatic carbocycles. The number of amides is 4. The van der Waals surface area contributed by atoms with Crippen molar-refractivity contribution in [3.63, 3.8) is 0 Å². The summed E-state index contributed by atoms with van der Waals surface area (Å²) < 4.78 is 0.957. The largest absolute Gasteiger partial charge is 0.345 e. The summed E-state index contributed by atoms with van der Waals surface area (Å²) in [6.07, 6.45) is 3.21. The quantitative estimate of drug-likeness (QED) is 0.736. The van der Waals surface area contributed by atoms with E-state index < -0.39 is 17.1 Å². The summed E-state index contributed by atoms with van der Waals surface area (Å²) >= 11 is 3.46. The summed E-state index contributed by atoms with van der Waals surface area (Å²) in [4.78, 5) is 38.1. The molecule has 1 aliphatic heterocycles. The third-order valence-electron chi connectivity index (χ3n) is 5.32. The van der Waals surface area contributed by atoms with Crippen molar-refractivity contribution in [2.45, 2.75) is 50.6 Å². The van der Waals surface area contributed by atoms with Gasteiger partial charge >= 0.3 is 6.03 Å². The van der Waals surface area contributed by atoms with Gasteiger partial charge in [-0.15, -0.1) is 0 Å². The van der Waals surface area contributed by atoms with Crippen molar-refractivity contribution in [2.75, 3.05) is 6.54 Å². The van der Waals surface area contributed by atoms with Gasteiger partial charge in [0.25, 0.3) is 5.91 Å². The molecule has 0 bridgehead atoms. The molecule has 2 fully saturated rings. The molecule has 4 amide bonds. The zero-order chi connectivity index (χ0) is 18.2. The smallest absolute Gasteiger partial charge is 0.325 e. The highest BCUT2D eigenvalue weighted by molar-refractivity contribution is 9.10. The van der Waals surface area contributed by atoms with Gasteiger partial charge in [-0.25, -0.2) is 4.79 Å². The zero-order valence-corrected chi connectivity index (χ0v) is 16.0. The van der Waals surface area contributed by atoms with Gasteiger partial charge < -0.3 is 10.6 Å². The molecule has 6 nitrogen and oxygen atoms in total. The van der Waals surface area contributed by atoms with E-state index in [-0.39, 0.29) is 18.4 Å². The zero-order valence-electron chi connectivity index (χ0n) is 14.4. The van der Waals surface area contributed by atoms with Gasteiger partial charge in [0.05, 0.1) is 5.54 Å². The molecular formula is C18H22BrN3O3. The molecule has 0 spiro atoms. The Morgan fingerprint density at radius 2 is 2.08 bits per heavy atom. The Balaban J connectivity index is 1.72. The van der Waals surface area contributed by atoms with Gasteiger partial charge in [0.15, 0.2) is 0 Å². The molecule has 1 aromatic rings. The van der Waals surface area contributed by atoms with E-state index in [1.165, 1.54) is 0 Å². The molecule has 0 aromatic heterocycles. The number of urea groups is 1. The van der Waals surface area contributed by atoms with Crippen molar-refractivity contribution < 1.29 is 14.4 Å². The number of halogens is 1. The first-order valence-electron chi connectivity index (χ1n) is 8.51. The topological polar surface area (TPSA) is 78.5 Å². The van der Waals surface area contributed by atoms with Crippen LogP contribution in [0.4, 0.5) is 4.79 Å². The third-order valence-corrected chi connectivity index (χ3v) is 5.81. The Labute approximate surface area is 155 Å². The first kappa shape index (κ1) is 17.9. The summed E-state index contributed by atoms with van der Waals surface area (Å²) in [7, 11) is 0. The van der Waals surface area contributed by atoms with Crippen molar-refractivity contribution in [1.82, 2.24) is 15.5 Å². The van der Waals surface area contributed by atoms with Crippen LogP contribution in [0.5, 0.6) is 0 Å². The number of hydrogen-bond acceptors (Lipinski definition) is 3. The maximum absolute atomic E-state index is 12.6. The van der Waals surface area contributed by atoms with E-state index in [0.29, 0.717) is 6.42 Å². The molecule has 134 valence electrons. The Kier molecular flexibility index (Phi) is 4.62. The number of benzene rings is 1. The number of imide groups is 1. The van der Waals surface area contributed by atoms with Crippen LogP contribution in [-0.2, 0) is 15.1 Å². The molecular weight excluding hydrogens is 386 g/mol. The minimum Gasteiger partial charge on any atom is -0.345 e. The summed E-state index contributed by atoms with van der Waals surface area (Å²) in [5, 5.41) is 5.72. The predicted octanol–water partition coefficient (Wildman–Crippen LogP) is 2.67. The highest BCUT2D eigenvalue weighted by atomic mass is 79.9. The summed E-state index contributed by atoms with van der Waals surface area (Å²) in [5.41, 5.74) is -0.290. The summed E-state index contributed by atoms with van der Waals surface area (Å²) in [5.74, 6) is -0.663. The van der Waals surface area contributed by atoms with Crippen LogP contribution in [0.2, 0.25) is 0 Å². The van der Waals surface area contributed by atoms with Gasteiger partial charge in [-0.05, 0) is 50.3 Å². The molecule has 1 saturated carbocycles. The lowest BCUT2D eigenvalue weighted by Crippen LogP contribution is -2.54. The number of carbonyl (C=O) groups excluding carboxylic acids is 3. The van der Waals surface area contributed by atoms with E-state index in [0.717, 1.165) is 34.2 Å². The number of carbonyl (C=O) groups is 3. The number of nitrogens with zero attached hydrogens (tertiary/aromatic N) is 1. The van der Waals surface area contributed by atoms with E-state index in [1.807, 2.05) is 31.2 Å². The highest BCUT2D eigenvalue weighted by Crippen LogP contribution is 2.41. The van der Waals surface area contributed by atoms with Gasteiger partial charge in [0.1, 0.15) is 12.1 Å². The summed E-state index contributed by atoms with van der Waals surface area (Å²) in [6, 6.07) is 7.37. The van der Waals surface area contributed by atoms with Crippen molar-refractivity contribution in [1.29, 1.82) is 0 Å². The fourth-order valence-corrected chi connectivity index (χ4v) is 3.78. The second kappa shape index (κ2) is 6.44. The van der Waals surface area contributed by atoms with Crippen LogP contribution in [0.3, 0.4) is 0 Å². The molecule has 0 unspecified atom stereocenters. The van der Waals surface area contributed by atoms with E-state index in [1.54, 1.807) is 6.92 Å². The van der Waals surface area contributed by atoms with Crippen molar-refractivity contribution >= 4 is 33.8 Å². The molecule has 1 aliphatic carbocycles.